The van der Waals surface area contributed by atoms with Gasteiger partial charge in [0.1, 0.15) is 0 Å². The third-order valence-corrected chi connectivity index (χ3v) is 2.83. The molecule has 2 heteroatoms. The van der Waals surface area contributed by atoms with E-state index in [1.165, 1.54) is 11.3 Å². The van der Waals surface area contributed by atoms with Crippen molar-refractivity contribution < 1.29 is 0 Å². The lowest BCUT2D eigenvalue weighted by molar-refractivity contribution is 0.519. The van der Waals surface area contributed by atoms with Gasteiger partial charge in [0.15, 0.2) is 0 Å². The van der Waals surface area contributed by atoms with Crippen LogP contribution >= 0.6 is 0 Å². The first-order valence-corrected chi connectivity index (χ1v) is 5.74. The minimum absolute atomic E-state index is 0.374. The van der Waals surface area contributed by atoms with Crippen molar-refractivity contribution in [3.8, 4) is 0 Å². The number of nitrogens with zero attached hydrogens (tertiary/aromatic N) is 1. The number of hydrogen-bond donors (Lipinski definition) is 1. The first kappa shape index (κ1) is 10.5. The molecule has 1 aliphatic heterocycles. The predicted octanol–water partition coefficient (Wildman–Crippen LogP) is 2.03. The Bertz CT molecular complexity index is 327. The van der Waals surface area contributed by atoms with Gasteiger partial charge in [-0.05, 0) is 30.0 Å². The summed E-state index contributed by atoms with van der Waals surface area (Å²) in [6.07, 6.45) is 1.16. The van der Waals surface area contributed by atoms with Gasteiger partial charge in [0.25, 0.3) is 0 Å². The van der Waals surface area contributed by atoms with Crippen LogP contribution in [0.3, 0.4) is 0 Å². The van der Waals surface area contributed by atoms with Crippen LogP contribution in [0.2, 0.25) is 0 Å². The zero-order valence-electron chi connectivity index (χ0n) is 9.61. The molecule has 15 heavy (non-hydrogen) atoms. The SMILES string of the molecule is CC(C)Cc1cccc(N2CC(N)C2)c1. The van der Waals surface area contributed by atoms with Crippen molar-refractivity contribution in [3.63, 3.8) is 0 Å². The molecule has 0 amide bonds. The van der Waals surface area contributed by atoms with Crippen molar-refractivity contribution in [2.45, 2.75) is 26.3 Å². The monoisotopic (exact) mass is 204 g/mol. The average molecular weight is 204 g/mol. The zero-order valence-corrected chi connectivity index (χ0v) is 9.61. The fraction of sp³-hybridized carbons (Fsp3) is 0.538. The number of rotatable bonds is 3. The summed E-state index contributed by atoms with van der Waals surface area (Å²) in [4.78, 5) is 2.34. The van der Waals surface area contributed by atoms with E-state index >= 15 is 0 Å². The van der Waals surface area contributed by atoms with E-state index < -0.39 is 0 Å². The molecule has 0 bridgehead atoms. The van der Waals surface area contributed by atoms with Crippen LogP contribution in [0.4, 0.5) is 5.69 Å². The molecule has 2 nitrogen and oxygen atoms in total. The summed E-state index contributed by atoms with van der Waals surface area (Å²) in [5.74, 6) is 0.721. The highest BCUT2D eigenvalue weighted by atomic mass is 15.2. The van der Waals surface area contributed by atoms with Gasteiger partial charge >= 0.3 is 0 Å². The van der Waals surface area contributed by atoms with E-state index in [1.807, 2.05) is 0 Å². The standard InChI is InChI=1S/C13H20N2/c1-10(2)6-11-4-3-5-13(7-11)15-8-12(14)9-15/h3-5,7,10,12H,6,8-9,14H2,1-2H3. The molecule has 1 aliphatic rings. The molecule has 2 rings (SSSR count). The number of hydrogen-bond acceptors (Lipinski definition) is 2. The van der Waals surface area contributed by atoms with E-state index in [0.29, 0.717) is 6.04 Å². The van der Waals surface area contributed by atoms with Crippen molar-refractivity contribution >= 4 is 5.69 Å². The zero-order chi connectivity index (χ0) is 10.8. The van der Waals surface area contributed by atoms with Gasteiger partial charge in [0, 0.05) is 24.8 Å². The third kappa shape index (κ3) is 2.51. The second-order valence-corrected chi connectivity index (χ2v) is 4.93. The molecular formula is C13H20N2. The van der Waals surface area contributed by atoms with Crippen molar-refractivity contribution in [2.24, 2.45) is 11.7 Å². The Morgan fingerprint density at radius 2 is 2.13 bits per heavy atom. The van der Waals surface area contributed by atoms with Crippen molar-refractivity contribution in [1.29, 1.82) is 0 Å². The molecule has 2 N–H and O–H groups in total. The highest BCUT2D eigenvalue weighted by Crippen LogP contribution is 2.22. The molecule has 1 aromatic carbocycles. The van der Waals surface area contributed by atoms with Crippen molar-refractivity contribution in [1.82, 2.24) is 0 Å². The smallest absolute Gasteiger partial charge is 0.0395 e. The lowest BCUT2D eigenvalue weighted by Gasteiger charge is -2.39. The molecule has 0 spiro atoms. The van der Waals surface area contributed by atoms with Crippen LogP contribution < -0.4 is 10.6 Å². The third-order valence-electron chi connectivity index (χ3n) is 2.83. The summed E-state index contributed by atoms with van der Waals surface area (Å²) in [6.45, 7) is 6.52. The van der Waals surface area contributed by atoms with E-state index in [0.717, 1.165) is 25.4 Å². The lowest BCUT2D eigenvalue weighted by atomic mass is 10.0. The van der Waals surface area contributed by atoms with Crippen molar-refractivity contribution in [2.75, 3.05) is 18.0 Å². The topological polar surface area (TPSA) is 29.3 Å². The summed E-state index contributed by atoms with van der Waals surface area (Å²) in [6, 6.07) is 9.21. The van der Waals surface area contributed by atoms with Gasteiger partial charge in [-0.2, -0.15) is 0 Å². The largest absolute Gasteiger partial charge is 0.368 e. The van der Waals surface area contributed by atoms with E-state index in [1.54, 1.807) is 0 Å². The van der Waals surface area contributed by atoms with Gasteiger partial charge < -0.3 is 10.6 Å². The van der Waals surface area contributed by atoms with Gasteiger partial charge in [-0.1, -0.05) is 26.0 Å². The summed E-state index contributed by atoms with van der Waals surface area (Å²) >= 11 is 0. The van der Waals surface area contributed by atoms with Gasteiger partial charge in [-0.15, -0.1) is 0 Å². The average Bonchev–Trinajstić information content (AvgIpc) is 2.12. The molecule has 0 radical (unpaired) electrons. The maximum absolute atomic E-state index is 5.78. The quantitative estimate of drug-likeness (QED) is 0.816. The van der Waals surface area contributed by atoms with E-state index in [9.17, 15) is 0 Å². The van der Waals surface area contributed by atoms with Gasteiger partial charge in [-0.25, -0.2) is 0 Å². The fourth-order valence-electron chi connectivity index (χ4n) is 2.08. The Labute approximate surface area is 92.1 Å². The van der Waals surface area contributed by atoms with Gasteiger partial charge in [0.05, 0.1) is 0 Å². The van der Waals surface area contributed by atoms with Crippen LogP contribution in [0.25, 0.3) is 0 Å². The molecule has 1 heterocycles. The van der Waals surface area contributed by atoms with Crippen LogP contribution in [0.1, 0.15) is 19.4 Å². The second-order valence-electron chi connectivity index (χ2n) is 4.93. The van der Waals surface area contributed by atoms with Gasteiger partial charge in [0.2, 0.25) is 0 Å². The molecule has 0 aromatic heterocycles. The molecule has 1 aromatic rings. The lowest BCUT2D eigenvalue weighted by Crippen LogP contribution is -2.55. The van der Waals surface area contributed by atoms with E-state index in [2.05, 4.69) is 43.0 Å². The van der Waals surface area contributed by atoms with Crippen LogP contribution in [0.5, 0.6) is 0 Å². The van der Waals surface area contributed by atoms with Crippen LogP contribution in [-0.2, 0) is 6.42 Å². The summed E-state index contributed by atoms with van der Waals surface area (Å²) in [7, 11) is 0. The fourth-order valence-corrected chi connectivity index (χ4v) is 2.08. The van der Waals surface area contributed by atoms with Gasteiger partial charge in [-0.3, -0.25) is 0 Å². The Kier molecular flexibility index (Phi) is 2.96. The van der Waals surface area contributed by atoms with Crippen LogP contribution in [-0.4, -0.2) is 19.1 Å². The Hall–Kier alpha value is -1.02. The van der Waals surface area contributed by atoms with E-state index in [-0.39, 0.29) is 0 Å². The first-order valence-electron chi connectivity index (χ1n) is 5.74. The molecule has 0 unspecified atom stereocenters. The van der Waals surface area contributed by atoms with Crippen molar-refractivity contribution in [3.05, 3.63) is 29.8 Å². The Morgan fingerprint density at radius 1 is 1.40 bits per heavy atom. The summed E-state index contributed by atoms with van der Waals surface area (Å²) in [5.41, 5.74) is 8.55. The molecule has 0 atom stereocenters. The summed E-state index contributed by atoms with van der Waals surface area (Å²) < 4.78 is 0. The Morgan fingerprint density at radius 3 is 2.73 bits per heavy atom. The molecule has 0 saturated carbocycles. The highest BCUT2D eigenvalue weighted by molar-refractivity contribution is 5.51. The number of anilines is 1. The summed E-state index contributed by atoms with van der Waals surface area (Å²) in [5, 5.41) is 0. The van der Waals surface area contributed by atoms with E-state index in [4.69, 9.17) is 5.73 Å². The predicted molar refractivity (Wildman–Crippen MR) is 65.2 cm³/mol. The minimum atomic E-state index is 0.374. The molecule has 1 saturated heterocycles. The molecule has 0 aliphatic carbocycles. The Balaban J connectivity index is 2.06. The first-order chi connectivity index (χ1) is 7.15. The van der Waals surface area contributed by atoms with Crippen LogP contribution in [0.15, 0.2) is 24.3 Å². The number of benzene rings is 1. The maximum Gasteiger partial charge on any atom is 0.0395 e. The minimum Gasteiger partial charge on any atom is -0.368 e. The molecule has 82 valence electrons. The molecular weight excluding hydrogens is 184 g/mol. The van der Waals surface area contributed by atoms with Crippen LogP contribution in [0, 0.1) is 5.92 Å². The highest BCUT2D eigenvalue weighted by Gasteiger charge is 2.22. The second kappa shape index (κ2) is 4.23. The normalized spacial score (nSPS) is 16.9. The maximum atomic E-state index is 5.78. The number of nitrogens with two attached hydrogens (primary N) is 1. The molecule has 1 fully saturated rings.